The van der Waals surface area contributed by atoms with Gasteiger partial charge >= 0.3 is 0 Å². The molecule has 124 valence electrons. The number of hydrogen-bond donors (Lipinski definition) is 0. The van der Waals surface area contributed by atoms with E-state index in [1.165, 1.54) is 24.0 Å². The highest BCUT2D eigenvalue weighted by atomic mass is 32.1. The first kappa shape index (κ1) is 15.4. The van der Waals surface area contributed by atoms with Crippen molar-refractivity contribution in [1.82, 2.24) is 14.7 Å². The van der Waals surface area contributed by atoms with Gasteiger partial charge < -0.3 is 4.74 Å². The fourth-order valence-electron chi connectivity index (χ4n) is 3.52. The van der Waals surface area contributed by atoms with E-state index in [-0.39, 0.29) is 0 Å². The number of aryl methyl sites for hydroxylation is 1. The van der Waals surface area contributed by atoms with Gasteiger partial charge in [-0.1, -0.05) is 0 Å². The van der Waals surface area contributed by atoms with E-state index in [1.807, 2.05) is 17.9 Å². The summed E-state index contributed by atoms with van der Waals surface area (Å²) in [5.41, 5.74) is 2.74. The molecule has 23 heavy (non-hydrogen) atoms. The minimum absolute atomic E-state index is 0.370. The molecule has 4 nitrogen and oxygen atoms in total. The highest BCUT2D eigenvalue weighted by molar-refractivity contribution is 7.07. The third kappa shape index (κ3) is 3.84. The van der Waals surface area contributed by atoms with E-state index in [0.717, 1.165) is 38.5 Å². The Hall–Kier alpha value is -1.17. The van der Waals surface area contributed by atoms with E-state index in [2.05, 4.69) is 33.0 Å². The Balaban J connectivity index is 1.45. The zero-order valence-electron chi connectivity index (χ0n) is 13.7. The van der Waals surface area contributed by atoms with Crippen molar-refractivity contribution in [1.29, 1.82) is 0 Å². The summed E-state index contributed by atoms with van der Waals surface area (Å²) in [5, 5.41) is 8.76. The predicted octanol–water partition coefficient (Wildman–Crippen LogP) is 3.09. The molecule has 0 unspecified atom stereocenters. The van der Waals surface area contributed by atoms with Gasteiger partial charge in [0.15, 0.2) is 0 Å². The van der Waals surface area contributed by atoms with Crippen LogP contribution in [0, 0.1) is 5.92 Å². The molecule has 1 aliphatic carbocycles. The van der Waals surface area contributed by atoms with Crippen LogP contribution < -0.4 is 0 Å². The third-order valence-corrected chi connectivity index (χ3v) is 5.74. The quantitative estimate of drug-likeness (QED) is 0.781. The van der Waals surface area contributed by atoms with Crippen LogP contribution in [-0.4, -0.2) is 40.0 Å². The molecule has 0 bridgehead atoms. The molecule has 2 aromatic heterocycles. The second-order valence-electron chi connectivity index (χ2n) is 7.00. The minimum atomic E-state index is 0.370. The standard InChI is InChI=1S/C18H25N3OS/c1-20-10-16(9-19-20)8-17-18(22-12-14-2-3-14)4-6-21(17)11-15-5-7-23-13-15/h5,7,9-10,13-14,17-18H,2-4,6,8,11-12H2,1H3/t17-,18+/m0/s1. The van der Waals surface area contributed by atoms with E-state index in [1.54, 1.807) is 11.3 Å². The van der Waals surface area contributed by atoms with Gasteiger partial charge in [-0.25, -0.2) is 0 Å². The molecule has 4 rings (SSSR count). The maximum atomic E-state index is 6.30. The molecular weight excluding hydrogens is 306 g/mol. The molecule has 1 saturated carbocycles. The van der Waals surface area contributed by atoms with Crippen LogP contribution in [0.2, 0.25) is 0 Å². The third-order valence-electron chi connectivity index (χ3n) is 5.01. The number of hydrogen-bond acceptors (Lipinski definition) is 4. The number of ether oxygens (including phenoxy) is 1. The maximum Gasteiger partial charge on any atom is 0.0745 e. The minimum Gasteiger partial charge on any atom is -0.376 e. The first-order chi connectivity index (χ1) is 11.3. The van der Waals surface area contributed by atoms with Crippen LogP contribution in [-0.2, 0) is 24.8 Å². The molecule has 0 radical (unpaired) electrons. The van der Waals surface area contributed by atoms with Crippen molar-refractivity contribution in [3.63, 3.8) is 0 Å². The molecule has 2 aromatic rings. The average molecular weight is 331 g/mol. The highest BCUT2D eigenvalue weighted by Gasteiger charge is 2.36. The van der Waals surface area contributed by atoms with Gasteiger partial charge in [0.05, 0.1) is 12.3 Å². The van der Waals surface area contributed by atoms with Gasteiger partial charge in [-0.3, -0.25) is 9.58 Å². The SMILES string of the molecule is Cn1cc(C[C@H]2[C@H](OCC3CC3)CCN2Cc2ccsc2)cn1. The molecule has 2 aliphatic rings. The van der Waals surface area contributed by atoms with Gasteiger partial charge in [0.25, 0.3) is 0 Å². The van der Waals surface area contributed by atoms with Crippen LogP contribution in [0.4, 0.5) is 0 Å². The van der Waals surface area contributed by atoms with Crippen molar-refractivity contribution >= 4 is 11.3 Å². The molecule has 2 fully saturated rings. The maximum absolute atomic E-state index is 6.30. The first-order valence-electron chi connectivity index (χ1n) is 8.62. The second-order valence-corrected chi connectivity index (χ2v) is 7.78. The normalized spacial score (nSPS) is 25.3. The van der Waals surface area contributed by atoms with Gasteiger partial charge in [0.2, 0.25) is 0 Å². The smallest absolute Gasteiger partial charge is 0.0745 e. The number of thiophene rings is 1. The topological polar surface area (TPSA) is 30.3 Å². The molecular formula is C18H25N3OS. The van der Waals surface area contributed by atoms with Crippen LogP contribution in [0.5, 0.6) is 0 Å². The first-order valence-corrected chi connectivity index (χ1v) is 9.56. The van der Waals surface area contributed by atoms with Crippen LogP contribution in [0.25, 0.3) is 0 Å². The summed E-state index contributed by atoms with van der Waals surface area (Å²) in [6.07, 6.45) is 9.42. The molecule has 0 amide bonds. The number of rotatable bonds is 7. The van der Waals surface area contributed by atoms with Crippen molar-refractivity contribution in [2.45, 2.75) is 44.4 Å². The summed E-state index contributed by atoms with van der Waals surface area (Å²) in [6, 6.07) is 2.71. The second kappa shape index (κ2) is 6.75. The zero-order valence-corrected chi connectivity index (χ0v) is 14.5. The predicted molar refractivity (Wildman–Crippen MR) is 92.5 cm³/mol. The van der Waals surface area contributed by atoms with Crippen molar-refractivity contribution in [2.24, 2.45) is 13.0 Å². The number of aromatic nitrogens is 2. The molecule has 0 spiro atoms. The van der Waals surface area contributed by atoms with E-state index in [9.17, 15) is 0 Å². The van der Waals surface area contributed by atoms with Crippen molar-refractivity contribution in [3.05, 3.63) is 40.3 Å². The Morgan fingerprint density at radius 3 is 2.91 bits per heavy atom. The summed E-state index contributed by atoms with van der Waals surface area (Å²) in [7, 11) is 1.99. The Bertz CT molecular complexity index is 620. The lowest BCUT2D eigenvalue weighted by Crippen LogP contribution is -2.38. The van der Waals surface area contributed by atoms with Gasteiger partial charge in [0, 0.05) is 39.0 Å². The van der Waals surface area contributed by atoms with E-state index >= 15 is 0 Å². The van der Waals surface area contributed by atoms with Crippen molar-refractivity contribution in [2.75, 3.05) is 13.2 Å². The summed E-state index contributed by atoms with van der Waals surface area (Å²) in [4.78, 5) is 2.60. The molecule has 1 aliphatic heterocycles. The van der Waals surface area contributed by atoms with Crippen LogP contribution in [0.15, 0.2) is 29.2 Å². The Kier molecular flexibility index (Phi) is 4.51. The lowest BCUT2D eigenvalue weighted by molar-refractivity contribution is 0.0197. The molecule has 5 heteroatoms. The van der Waals surface area contributed by atoms with E-state index < -0.39 is 0 Å². The van der Waals surface area contributed by atoms with Gasteiger partial charge in [0.1, 0.15) is 0 Å². The highest BCUT2D eigenvalue weighted by Crippen LogP contribution is 2.32. The average Bonchev–Trinajstić information content (AvgIpc) is 2.92. The molecule has 0 N–H and O–H groups in total. The van der Waals surface area contributed by atoms with Gasteiger partial charge in [-0.2, -0.15) is 16.4 Å². The van der Waals surface area contributed by atoms with Gasteiger partial charge in [-0.05, 0) is 59.6 Å². The fraction of sp³-hybridized carbons (Fsp3) is 0.611. The Morgan fingerprint density at radius 2 is 2.22 bits per heavy atom. The fourth-order valence-corrected chi connectivity index (χ4v) is 4.18. The number of likely N-dealkylation sites (tertiary alicyclic amines) is 1. The van der Waals surface area contributed by atoms with E-state index in [4.69, 9.17) is 4.74 Å². The Morgan fingerprint density at radius 1 is 1.30 bits per heavy atom. The molecule has 1 saturated heterocycles. The summed E-state index contributed by atoms with van der Waals surface area (Å²) in [6.45, 7) is 3.13. The molecule has 0 aromatic carbocycles. The monoisotopic (exact) mass is 331 g/mol. The zero-order chi connectivity index (χ0) is 15.6. The Labute approximate surface area is 142 Å². The summed E-state index contributed by atoms with van der Waals surface area (Å²) >= 11 is 1.78. The summed E-state index contributed by atoms with van der Waals surface area (Å²) in [5.74, 6) is 0.833. The number of nitrogens with zero attached hydrogens (tertiary/aromatic N) is 3. The molecule has 2 atom stereocenters. The lowest BCUT2D eigenvalue weighted by Gasteiger charge is -2.28. The van der Waals surface area contributed by atoms with Crippen LogP contribution in [0.3, 0.4) is 0 Å². The largest absolute Gasteiger partial charge is 0.376 e. The van der Waals surface area contributed by atoms with Crippen LogP contribution in [0.1, 0.15) is 30.4 Å². The van der Waals surface area contributed by atoms with Gasteiger partial charge in [-0.15, -0.1) is 0 Å². The van der Waals surface area contributed by atoms with E-state index in [0.29, 0.717) is 12.1 Å². The molecule has 3 heterocycles. The summed E-state index contributed by atoms with van der Waals surface area (Å²) < 4.78 is 8.20. The van der Waals surface area contributed by atoms with Crippen LogP contribution >= 0.6 is 11.3 Å². The van der Waals surface area contributed by atoms with Crippen molar-refractivity contribution < 1.29 is 4.74 Å². The lowest BCUT2D eigenvalue weighted by atomic mass is 10.0. The van der Waals surface area contributed by atoms with Crippen molar-refractivity contribution in [3.8, 4) is 0 Å².